The zero-order valence-corrected chi connectivity index (χ0v) is 12.9. The van der Waals surface area contributed by atoms with Crippen LogP contribution in [0.4, 0.5) is 0 Å². The molecule has 98 valence electrons. The van der Waals surface area contributed by atoms with Gasteiger partial charge in [-0.15, -0.1) is 0 Å². The van der Waals surface area contributed by atoms with Gasteiger partial charge in [0.05, 0.1) is 6.42 Å². The molecule has 2 nitrogen and oxygen atoms in total. The summed E-state index contributed by atoms with van der Waals surface area (Å²) in [6, 6.07) is 13.1. The first-order valence-corrected chi connectivity index (χ1v) is 7.47. The molecule has 2 aromatic rings. The monoisotopic (exact) mass is 356 g/mol. The van der Waals surface area contributed by atoms with E-state index in [4.69, 9.17) is 16.7 Å². The van der Waals surface area contributed by atoms with Crippen LogP contribution in [0.5, 0.6) is 0 Å². The van der Waals surface area contributed by atoms with Crippen LogP contribution < -0.4 is 0 Å². The second-order valence-corrected chi connectivity index (χ2v) is 6.35. The van der Waals surface area contributed by atoms with Gasteiger partial charge >= 0.3 is 5.97 Å². The van der Waals surface area contributed by atoms with Gasteiger partial charge in [-0.3, -0.25) is 4.79 Å². The second-order valence-electron chi connectivity index (χ2n) is 3.88. The Morgan fingerprint density at radius 1 is 1.21 bits per heavy atom. The van der Waals surface area contributed by atoms with Gasteiger partial charge in [0.1, 0.15) is 0 Å². The normalized spacial score (nSPS) is 10.4. The first-order valence-electron chi connectivity index (χ1n) is 5.48. The highest BCUT2D eigenvalue weighted by molar-refractivity contribution is 9.10. The number of carbonyl (C=O) groups is 1. The van der Waals surface area contributed by atoms with Crippen LogP contribution >= 0.6 is 39.3 Å². The summed E-state index contributed by atoms with van der Waals surface area (Å²) in [5.41, 5.74) is 0.793. The standard InChI is InChI=1S/C14H10BrClO2S/c15-10-1-6-13(9(7-10)8-14(17)18)19-12-4-2-11(16)3-5-12/h1-7H,8H2,(H,17,18). The summed E-state index contributed by atoms with van der Waals surface area (Å²) in [7, 11) is 0. The zero-order valence-electron chi connectivity index (χ0n) is 9.77. The van der Waals surface area contributed by atoms with Crippen LogP contribution in [0.15, 0.2) is 56.7 Å². The number of benzene rings is 2. The molecule has 0 radical (unpaired) electrons. The summed E-state index contributed by atoms with van der Waals surface area (Å²) in [6.07, 6.45) is 0.00929. The molecule has 2 rings (SSSR count). The van der Waals surface area contributed by atoms with Crippen LogP contribution in [-0.2, 0) is 11.2 Å². The van der Waals surface area contributed by atoms with Gasteiger partial charge in [0.25, 0.3) is 0 Å². The van der Waals surface area contributed by atoms with Gasteiger partial charge in [-0.05, 0) is 48.0 Å². The molecule has 0 heterocycles. The van der Waals surface area contributed by atoms with Crippen LogP contribution in [0, 0.1) is 0 Å². The summed E-state index contributed by atoms with van der Waals surface area (Å²) >= 11 is 10.7. The van der Waals surface area contributed by atoms with Crippen LogP contribution in [0.25, 0.3) is 0 Å². The molecule has 0 aliphatic heterocycles. The lowest BCUT2D eigenvalue weighted by Crippen LogP contribution is -2.01. The van der Waals surface area contributed by atoms with Crippen molar-refractivity contribution in [2.24, 2.45) is 0 Å². The number of hydrogen-bond donors (Lipinski definition) is 1. The summed E-state index contributed by atoms with van der Waals surface area (Å²) in [6.45, 7) is 0. The van der Waals surface area contributed by atoms with Gasteiger partial charge in [0, 0.05) is 19.3 Å². The predicted molar refractivity (Wildman–Crippen MR) is 81.1 cm³/mol. The van der Waals surface area contributed by atoms with Crippen molar-refractivity contribution < 1.29 is 9.90 Å². The number of carboxylic acids is 1. The summed E-state index contributed by atoms with van der Waals surface area (Å²) in [5.74, 6) is -0.837. The van der Waals surface area contributed by atoms with E-state index in [0.717, 1.165) is 19.8 Å². The van der Waals surface area contributed by atoms with E-state index in [0.29, 0.717) is 5.02 Å². The Balaban J connectivity index is 2.28. The van der Waals surface area contributed by atoms with Crippen molar-refractivity contribution in [2.45, 2.75) is 16.2 Å². The Kier molecular flexibility index (Phi) is 4.91. The molecule has 0 fully saturated rings. The second kappa shape index (κ2) is 6.46. The fourth-order valence-electron chi connectivity index (χ4n) is 1.58. The van der Waals surface area contributed by atoms with Gasteiger partial charge in [0.15, 0.2) is 0 Å². The maximum Gasteiger partial charge on any atom is 0.307 e. The van der Waals surface area contributed by atoms with Crippen molar-refractivity contribution in [1.82, 2.24) is 0 Å². The van der Waals surface area contributed by atoms with E-state index in [1.165, 1.54) is 11.8 Å². The lowest BCUT2D eigenvalue weighted by atomic mass is 10.1. The minimum atomic E-state index is -0.837. The average Bonchev–Trinajstić information content (AvgIpc) is 2.34. The smallest absolute Gasteiger partial charge is 0.307 e. The number of rotatable bonds is 4. The summed E-state index contributed by atoms with van der Waals surface area (Å²) in [5, 5.41) is 9.63. The first kappa shape index (κ1) is 14.4. The summed E-state index contributed by atoms with van der Waals surface area (Å²) in [4.78, 5) is 12.9. The Bertz CT molecular complexity index is 599. The minimum Gasteiger partial charge on any atom is -0.481 e. The molecule has 5 heteroatoms. The molecular weight excluding hydrogens is 348 g/mol. The third kappa shape index (κ3) is 4.27. The van der Waals surface area contributed by atoms with Crippen LogP contribution in [0.3, 0.4) is 0 Å². The molecule has 0 saturated heterocycles. The maximum atomic E-state index is 10.9. The summed E-state index contributed by atoms with van der Waals surface area (Å²) < 4.78 is 0.879. The minimum absolute atomic E-state index is 0.00929. The number of carboxylic acid groups (broad SMARTS) is 1. The Morgan fingerprint density at radius 3 is 2.53 bits per heavy atom. The molecule has 0 unspecified atom stereocenters. The third-order valence-electron chi connectivity index (χ3n) is 2.41. The van der Waals surface area contributed by atoms with Crippen molar-refractivity contribution in [2.75, 3.05) is 0 Å². The highest BCUT2D eigenvalue weighted by atomic mass is 79.9. The van der Waals surface area contributed by atoms with Crippen LogP contribution in [-0.4, -0.2) is 11.1 Å². The largest absolute Gasteiger partial charge is 0.481 e. The van der Waals surface area contributed by atoms with Crippen LogP contribution in [0.1, 0.15) is 5.56 Å². The zero-order chi connectivity index (χ0) is 13.8. The third-order valence-corrected chi connectivity index (χ3v) is 4.28. The lowest BCUT2D eigenvalue weighted by Gasteiger charge is -2.08. The molecule has 19 heavy (non-hydrogen) atoms. The Labute approximate surface area is 128 Å². The van der Waals surface area contributed by atoms with Gasteiger partial charge in [-0.1, -0.05) is 39.3 Å². The van der Waals surface area contributed by atoms with E-state index in [9.17, 15) is 4.79 Å². The van der Waals surface area contributed by atoms with Crippen molar-refractivity contribution >= 4 is 45.3 Å². The van der Waals surface area contributed by atoms with E-state index in [1.807, 2.05) is 42.5 Å². The fraction of sp³-hybridized carbons (Fsp3) is 0.0714. The van der Waals surface area contributed by atoms with E-state index in [2.05, 4.69) is 15.9 Å². The molecule has 0 atom stereocenters. The van der Waals surface area contributed by atoms with Crippen molar-refractivity contribution in [3.05, 3.63) is 57.5 Å². The molecule has 0 spiro atoms. The molecule has 0 aliphatic rings. The number of hydrogen-bond acceptors (Lipinski definition) is 2. The fourth-order valence-corrected chi connectivity index (χ4v) is 3.04. The Hall–Kier alpha value is -0.970. The van der Waals surface area contributed by atoms with Crippen molar-refractivity contribution in [3.8, 4) is 0 Å². The maximum absolute atomic E-state index is 10.9. The first-order chi connectivity index (χ1) is 9.04. The highest BCUT2D eigenvalue weighted by Gasteiger charge is 2.09. The van der Waals surface area contributed by atoms with E-state index in [1.54, 1.807) is 0 Å². The van der Waals surface area contributed by atoms with Gasteiger partial charge in [-0.2, -0.15) is 0 Å². The quantitative estimate of drug-likeness (QED) is 0.847. The molecule has 0 amide bonds. The lowest BCUT2D eigenvalue weighted by molar-refractivity contribution is -0.136. The Morgan fingerprint density at radius 2 is 1.89 bits per heavy atom. The van der Waals surface area contributed by atoms with E-state index >= 15 is 0 Å². The van der Waals surface area contributed by atoms with Crippen LogP contribution in [0.2, 0.25) is 5.02 Å². The molecule has 0 aromatic heterocycles. The SMILES string of the molecule is O=C(O)Cc1cc(Br)ccc1Sc1ccc(Cl)cc1. The van der Waals surface area contributed by atoms with E-state index < -0.39 is 5.97 Å². The molecule has 2 aromatic carbocycles. The number of halogens is 2. The molecule has 0 bridgehead atoms. The highest BCUT2D eigenvalue weighted by Crippen LogP contribution is 2.33. The van der Waals surface area contributed by atoms with Gasteiger partial charge in [0.2, 0.25) is 0 Å². The van der Waals surface area contributed by atoms with Gasteiger partial charge < -0.3 is 5.11 Å². The predicted octanol–water partition coefficient (Wildman–Crippen LogP) is 4.88. The molecule has 0 saturated carbocycles. The van der Waals surface area contributed by atoms with E-state index in [-0.39, 0.29) is 6.42 Å². The van der Waals surface area contributed by atoms with Crippen molar-refractivity contribution in [1.29, 1.82) is 0 Å². The van der Waals surface area contributed by atoms with Gasteiger partial charge in [-0.25, -0.2) is 0 Å². The average molecular weight is 358 g/mol. The van der Waals surface area contributed by atoms with Crippen molar-refractivity contribution in [3.63, 3.8) is 0 Å². The number of aliphatic carboxylic acids is 1. The molecule has 1 N–H and O–H groups in total. The molecular formula is C14H10BrClO2S. The molecule has 0 aliphatic carbocycles. The topological polar surface area (TPSA) is 37.3 Å².